The van der Waals surface area contributed by atoms with Crippen LogP contribution in [0.1, 0.15) is 20.1 Å². The number of aliphatic hydroxyl groups excluding tert-OH is 3. The quantitative estimate of drug-likeness (QED) is 0.558. The Kier molecular flexibility index (Phi) is 4.45. The number of hydrogen-bond acceptors (Lipinski definition) is 8. The SMILES string of the molecule is CC(C)C(=O)Nc1ncnc2c1ncn2[C@@H]1O[C@H](CO)C(O)C1O. The van der Waals surface area contributed by atoms with Gasteiger partial charge in [-0.3, -0.25) is 9.36 Å². The Bertz CT molecular complexity index is 748. The van der Waals surface area contributed by atoms with Crippen LogP contribution in [0.5, 0.6) is 0 Å². The van der Waals surface area contributed by atoms with Gasteiger partial charge >= 0.3 is 0 Å². The van der Waals surface area contributed by atoms with E-state index in [9.17, 15) is 20.1 Å². The highest BCUT2D eigenvalue weighted by atomic mass is 16.6. The summed E-state index contributed by atoms with van der Waals surface area (Å²) < 4.78 is 6.91. The average molecular weight is 337 g/mol. The number of nitrogens with zero attached hydrogens (tertiary/aromatic N) is 4. The van der Waals surface area contributed by atoms with E-state index in [0.29, 0.717) is 11.2 Å². The van der Waals surface area contributed by atoms with Crippen LogP contribution < -0.4 is 5.32 Å². The lowest BCUT2D eigenvalue weighted by molar-refractivity contribution is -0.118. The summed E-state index contributed by atoms with van der Waals surface area (Å²) in [4.78, 5) is 24.2. The Morgan fingerprint density at radius 1 is 1.33 bits per heavy atom. The zero-order valence-corrected chi connectivity index (χ0v) is 13.2. The molecule has 3 rings (SSSR count). The average Bonchev–Trinajstić information content (AvgIpc) is 3.10. The van der Waals surface area contributed by atoms with E-state index < -0.39 is 31.1 Å². The van der Waals surface area contributed by atoms with Gasteiger partial charge in [-0.2, -0.15) is 0 Å². The molecule has 2 unspecified atom stereocenters. The maximum absolute atomic E-state index is 11.9. The van der Waals surface area contributed by atoms with Crippen molar-refractivity contribution in [2.75, 3.05) is 11.9 Å². The molecule has 1 fully saturated rings. The zero-order valence-electron chi connectivity index (χ0n) is 13.2. The number of aromatic nitrogens is 4. The number of carbonyl (C=O) groups excluding carboxylic acids is 1. The van der Waals surface area contributed by atoms with E-state index in [4.69, 9.17) is 4.74 Å². The molecule has 1 saturated heterocycles. The third-order valence-corrected chi connectivity index (χ3v) is 3.92. The summed E-state index contributed by atoms with van der Waals surface area (Å²) in [6, 6.07) is 0. The van der Waals surface area contributed by atoms with Crippen molar-refractivity contribution in [1.82, 2.24) is 19.5 Å². The summed E-state index contributed by atoms with van der Waals surface area (Å²) in [5.41, 5.74) is 0.670. The van der Waals surface area contributed by atoms with Crippen LogP contribution in [0.2, 0.25) is 0 Å². The Morgan fingerprint density at radius 3 is 2.71 bits per heavy atom. The minimum atomic E-state index is -1.25. The lowest BCUT2D eigenvalue weighted by atomic mass is 10.1. The van der Waals surface area contributed by atoms with E-state index in [1.807, 2.05) is 0 Å². The van der Waals surface area contributed by atoms with Crippen LogP contribution in [-0.4, -0.2) is 65.7 Å². The number of carbonyl (C=O) groups is 1. The molecular weight excluding hydrogens is 318 g/mol. The minimum absolute atomic E-state index is 0.211. The lowest BCUT2D eigenvalue weighted by Crippen LogP contribution is -2.33. The van der Waals surface area contributed by atoms with E-state index in [-0.39, 0.29) is 17.6 Å². The first kappa shape index (κ1) is 16.7. The summed E-state index contributed by atoms with van der Waals surface area (Å²) in [6.45, 7) is 3.09. The van der Waals surface area contributed by atoms with Gasteiger partial charge in [-0.25, -0.2) is 15.0 Å². The van der Waals surface area contributed by atoms with Crippen molar-refractivity contribution < 1.29 is 24.9 Å². The molecular formula is C14H19N5O5. The van der Waals surface area contributed by atoms with E-state index in [1.165, 1.54) is 17.2 Å². The van der Waals surface area contributed by atoms with Gasteiger partial charge in [-0.15, -0.1) is 0 Å². The third kappa shape index (κ3) is 2.73. The predicted octanol–water partition coefficient (Wildman–Crippen LogP) is -0.968. The second-order valence-electron chi connectivity index (χ2n) is 5.92. The molecule has 130 valence electrons. The van der Waals surface area contributed by atoms with Crippen molar-refractivity contribution in [1.29, 1.82) is 0 Å². The van der Waals surface area contributed by atoms with Gasteiger partial charge in [0.1, 0.15) is 24.6 Å². The molecule has 2 aromatic rings. The Balaban J connectivity index is 1.96. The molecule has 0 aliphatic carbocycles. The summed E-state index contributed by atoms with van der Waals surface area (Å²) in [6.07, 6.45) is -1.68. The number of rotatable bonds is 4. The fraction of sp³-hybridized carbons (Fsp3) is 0.571. The first-order valence-corrected chi connectivity index (χ1v) is 7.55. The second-order valence-corrected chi connectivity index (χ2v) is 5.92. The fourth-order valence-corrected chi connectivity index (χ4v) is 2.50. The molecule has 0 aromatic carbocycles. The molecule has 10 heteroatoms. The molecule has 2 aromatic heterocycles. The first-order valence-electron chi connectivity index (χ1n) is 7.55. The lowest BCUT2D eigenvalue weighted by Gasteiger charge is -2.16. The standard InChI is InChI=1S/C14H19N5O5/c1-6(2)13(23)18-11-8-12(16-4-15-11)19(5-17-8)14-10(22)9(21)7(3-20)24-14/h4-7,9-10,14,20-22H,3H2,1-2H3,(H,15,16,18,23)/t7-,9?,10?,14-/m1/s1. The van der Waals surface area contributed by atoms with Crippen LogP contribution in [0.25, 0.3) is 11.2 Å². The van der Waals surface area contributed by atoms with Gasteiger partial charge in [0.25, 0.3) is 0 Å². The zero-order chi connectivity index (χ0) is 17.4. The van der Waals surface area contributed by atoms with Gasteiger partial charge in [0.05, 0.1) is 12.9 Å². The molecule has 10 nitrogen and oxygen atoms in total. The Labute approximate surface area is 137 Å². The Morgan fingerprint density at radius 2 is 2.08 bits per heavy atom. The number of anilines is 1. The van der Waals surface area contributed by atoms with Crippen LogP contribution in [0, 0.1) is 5.92 Å². The van der Waals surface area contributed by atoms with Gasteiger partial charge in [-0.1, -0.05) is 13.8 Å². The number of ether oxygens (including phenoxy) is 1. The van der Waals surface area contributed by atoms with Crippen molar-refractivity contribution in [3.63, 3.8) is 0 Å². The molecule has 24 heavy (non-hydrogen) atoms. The maximum atomic E-state index is 11.9. The second kappa shape index (κ2) is 6.40. The molecule has 3 heterocycles. The normalized spacial score (nSPS) is 27.1. The van der Waals surface area contributed by atoms with Crippen LogP contribution >= 0.6 is 0 Å². The number of aliphatic hydroxyl groups is 3. The van der Waals surface area contributed by atoms with Crippen molar-refractivity contribution in [2.24, 2.45) is 5.92 Å². The van der Waals surface area contributed by atoms with E-state index in [1.54, 1.807) is 13.8 Å². The number of hydrogen-bond donors (Lipinski definition) is 4. The van der Waals surface area contributed by atoms with Crippen molar-refractivity contribution in [3.8, 4) is 0 Å². The highest BCUT2D eigenvalue weighted by Gasteiger charge is 2.44. The molecule has 0 radical (unpaired) electrons. The van der Waals surface area contributed by atoms with Crippen LogP contribution in [0.15, 0.2) is 12.7 Å². The van der Waals surface area contributed by atoms with E-state index in [0.717, 1.165) is 0 Å². The number of amides is 1. The third-order valence-electron chi connectivity index (χ3n) is 3.92. The topological polar surface area (TPSA) is 143 Å². The van der Waals surface area contributed by atoms with Crippen LogP contribution in [0.4, 0.5) is 5.82 Å². The molecule has 4 N–H and O–H groups in total. The summed E-state index contributed by atoms with van der Waals surface area (Å²) in [7, 11) is 0. The van der Waals surface area contributed by atoms with Crippen molar-refractivity contribution >= 4 is 22.9 Å². The van der Waals surface area contributed by atoms with Gasteiger partial charge < -0.3 is 25.4 Å². The molecule has 0 saturated carbocycles. The van der Waals surface area contributed by atoms with E-state index >= 15 is 0 Å². The molecule has 4 atom stereocenters. The largest absolute Gasteiger partial charge is 0.394 e. The van der Waals surface area contributed by atoms with Gasteiger partial charge in [0.2, 0.25) is 5.91 Å². The minimum Gasteiger partial charge on any atom is -0.394 e. The van der Waals surface area contributed by atoms with Gasteiger partial charge in [-0.05, 0) is 0 Å². The fourth-order valence-electron chi connectivity index (χ4n) is 2.50. The summed E-state index contributed by atoms with van der Waals surface area (Å²) in [5.74, 6) is -0.181. The maximum Gasteiger partial charge on any atom is 0.228 e. The highest BCUT2D eigenvalue weighted by Crippen LogP contribution is 2.32. The molecule has 1 aliphatic rings. The molecule has 0 spiro atoms. The van der Waals surface area contributed by atoms with Crippen LogP contribution in [-0.2, 0) is 9.53 Å². The van der Waals surface area contributed by atoms with E-state index in [2.05, 4.69) is 20.3 Å². The first-order chi connectivity index (χ1) is 11.4. The molecule has 0 bridgehead atoms. The summed E-state index contributed by atoms with van der Waals surface area (Å²) in [5, 5.41) is 31.9. The highest BCUT2D eigenvalue weighted by molar-refractivity contribution is 5.97. The van der Waals surface area contributed by atoms with Crippen LogP contribution in [0.3, 0.4) is 0 Å². The van der Waals surface area contributed by atoms with Crippen molar-refractivity contribution in [3.05, 3.63) is 12.7 Å². The van der Waals surface area contributed by atoms with Crippen molar-refractivity contribution in [2.45, 2.75) is 38.4 Å². The number of nitrogens with one attached hydrogen (secondary N) is 1. The summed E-state index contributed by atoms with van der Waals surface area (Å²) >= 11 is 0. The number of imidazole rings is 1. The molecule has 1 amide bonds. The monoisotopic (exact) mass is 337 g/mol. The van der Waals surface area contributed by atoms with Gasteiger partial charge in [0.15, 0.2) is 23.2 Å². The number of fused-ring (bicyclic) bond motifs is 1. The smallest absolute Gasteiger partial charge is 0.228 e. The predicted molar refractivity (Wildman–Crippen MR) is 81.8 cm³/mol. The molecule has 1 aliphatic heterocycles. The Hall–Kier alpha value is -2.14. The van der Waals surface area contributed by atoms with Gasteiger partial charge in [0, 0.05) is 5.92 Å².